The van der Waals surface area contributed by atoms with Gasteiger partial charge in [-0.25, -0.2) is 0 Å². The molecule has 0 saturated heterocycles. The number of carbonyl (C=O) groups is 1. The Labute approximate surface area is 167 Å². The van der Waals surface area contributed by atoms with Crippen molar-refractivity contribution in [3.8, 4) is 5.69 Å². The second kappa shape index (κ2) is 8.19. The fraction of sp³-hybridized carbons (Fsp3) is 0.176. The maximum absolute atomic E-state index is 12.9. The van der Waals surface area contributed by atoms with Crippen molar-refractivity contribution < 1.29 is 18.0 Å². The molecule has 6 nitrogen and oxygen atoms in total. The normalized spacial score (nSPS) is 11.5. The van der Waals surface area contributed by atoms with Crippen molar-refractivity contribution in [2.24, 2.45) is 0 Å². The molecule has 0 atom stereocenters. The molecule has 1 aromatic heterocycles. The molecule has 3 aromatic rings. The number of rotatable bonds is 5. The predicted molar refractivity (Wildman–Crippen MR) is 99.7 cm³/mol. The Morgan fingerprint density at radius 1 is 1.21 bits per heavy atom. The number of alkyl halides is 3. The van der Waals surface area contributed by atoms with Crippen LogP contribution in [-0.4, -0.2) is 31.9 Å². The van der Waals surface area contributed by atoms with Gasteiger partial charge in [0.1, 0.15) is 0 Å². The summed E-state index contributed by atoms with van der Waals surface area (Å²) in [5, 5.41) is 13.7. The molecule has 0 radical (unpaired) electrons. The van der Waals surface area contributed by atoms with E-state index in [1.165, 1.54) is 10.7 Å². The number of nitrogens with zero attached hydrogens (tertiary/aromatic N) is 4. The highest BCUT2D eigenvalue weighted by atomic mass is 35.5. The summed E-state index contributed by atoms with van der Waals surface area (Å²) in [7, 11) is 0. The van der Waals surface area contributed by atoms with Gasteiger partial charge >= 0.3 is 6.18 Å². The van der Waals surface area contributed by atoms with E-state index in [4.69, 9.17) is 11.6 Å². The highest BCUT2D eigenvalue weighted by Gasteiger charge is 2.33. The van der Waals surface area contributed by atoms with Gasteiger partial charge in [0, 0.05) is 5.69 Å². The molecule has 0 saturated carbocycles. The number of carbonyl (C=O) groups excluding carboxylic acids is 1. The number of nitrogens with one attached hydrogen (secondary N) is 1. The fourth-order valence-electron chi connectivity index (χ4n) is 2.26. The van der Waals surface area contributed by atoms with Gasteiger partial charge in [0.15, 0.2) is 0 Å². The molecule has 0 unspecified atom stereocenters. The minimum absolute atomic E-state index is 0.000418. The Bertz CT molecular complexity index is 991. The first-order valence-electron chi connectivity index (χ1n) is 7.89. The summed E-state index contributed by atoms with van der Waals surface area (Å²) >= 11 is 6.63. The number of hydrogen-bond donors (Lipinski definition) is 1. The van der Waals surface area contributed by atoms with Crippen LogP contribution < -0.4 is 5.32 Å². The summed E-state index contributed by atoms with van der Waals surface area (Å²) < 4.78 is 40.2. The summed E-state index contributed by atoms with van der Waals surface area (Å²) in [6.07, 6.45) is -4.61. The number of hydrogen-bond acceptors (Lipinski definition) is 5. The van der Waals surface area contributed by atoms with Gasteiger partial charge in [-0.05, 0) is 47.7 Å². The summed E-state index contributed by atoms with van der Waals surface area (Å²) in [6.45, 7) is 1.95. The van der Waals surface area contributed by atoms with Crippen LogP contribution in [0.5, 0.6) is 0 Å². The van der Waals surface area contributed by atoms with E-state index in [9.17, 15) is 18.0 Å². The van der Waals surface area contributed by atoms with Crippen LogP contribution in [0.3, 0.4) is 0 Å². The van der Waals surface area contributed by atoms with E-state index in [0.29, 0.717) is 5.16 Å². The maximum atomic E-state index is 12.9. The lowest BCUT2D eigenvalue weighted by molar-refractivity contribution is -0.137. The van der Waals surface area contributed by atoms with Gasteiger partial charge in [-0.3, -0.25) is 4.79 Å². The first-order valence-corrected chi connectivity index (χ1v) is 9.25. The molecule has 1 heterocycles. The van der Waals surface area contributed by atoms with Crippen LogP contribution in [0, 0.1) is 6.92 Å². The van der Waals surface area contributed by atoms with Gasteiger partial charge < -0.3 is 5.32 Å². The average molecular weight is 428 g/mol. The van der Waals surface area contributed by atoms with E-state index in [2.05, 4.69) is 20.8 Å². The van der Waals surface area contributed by atoms with Gasteiger partial charge in [0.25, 0.3) is 0 Å². The van der Waals surface area contributed by atoms with Gasteiger partial charge in [-0.2, -0.15) is 17.9 Å². The van der Waals surface area contributed by atoms with Gasteiger partial charge in [-0.1, -0.05) is 41.1 Å². The SMILES string of the molecule is Cc1ccc(-n2nnnc2SCC(=O)Nc2ccc(Cl)c(C(F)(F)F)c2)cc1. The number of aromatic nitrogens is 4. The molecule has 0 fully saturated rings. The Kier molecular flexibility index (Phi) is 5.90. The van der Waals surface area contributed by atoms with Crippen molar-refractivity contribution in [3.05, 3.63) is 58.6 Å². The number of amides is 1. The molecule has 1 N–H and O–H groups in total. The topological polar surface area (TPSA) is 72.7 Å². The zero-order valence-electron chi connectivity index (χ0n) is 14.4. The molecule has 0 spiro atoms. The summed E-state index contributed by atoms with van der Waals surface area (Å²) in [4.78, 5) is 12.1. The standard InChI is InChI=1S/C17H13ClF3N5OS/c1-10-2-5-12(6-3-10)26-16(23-24-25-26)28-9-15(27)22-11-4-7-14(18)13(8-11)17(19,20)21/h2-8H,9H2,1H3,(H,22,27). The summed E-state index contributed by atoms with van der Waals surface area (Å²) in [5.74, 6) is -0.588. The molecule has 0 aliphatic heterocycles. The second-order valence-electron chi connectivity index (χ2n) is 5.74. The Morgan fingerprint density at radius 2 is 1.93 bits per heavy atom. The third-order valence-corrected chi connectivity index (χ3v) is 4.86. The lowest BCUT2D eigenvalue weighted by atomic mass is 10.2. The molecule has 0 aliphatic carbocycles. The maximum Gasteiger partial charge on any atom is 0.417 e. The van der Waals surface area contributed by atoms with E-state index >= 15 is 0 Å². The third-order valence-electron chi connectivity index (χ3n) is 3.61. The average Bonchev–Trinajstić information content (AvgIpc) is 3.10. The largest absolute Gasteiger partial charge is 0.417 e. The van der Waals surface area contributed by atoms with Crippen LogP contribution in [0.2, 0.25) is 5.02 Å². The first-order chi connectivity index (χ1) is 13.2. The number of anilines is 1. The van der Waals surface area contributed by atoms with Gasteiger partial charge in [0.05, 0.1) is 22.0 Å². The van der Waals surface area contributed by atoms with E-state index in [0.717, 1.165) is 35.1 Å². The monoisotopic (exact) mass is 427 g/mol. The molecule has 146 valence electrons. The van der Waals surface area contributed by atoms with Gasteiger partial charge in [0.2, 0.25) is 11.1 Å². The molecule has 28 heavy (non-hydrogen) atoms. The van der Waals surface area contributed by atoms with E-state index < -0.39 is 22.7 Å². The highest BCUT2D eigenvalue weighted by molar-refractivity contribution is 7.99. The minimum Gasteiger partial charge on any atom is -0.325 e. The van der Waals surface area contributed by atoms with Crippen molar-refractivity contribution in [2.75, 3.05) is 11.1 Å². The second-order valence-corrected chi connectivity index (χ2v) is 7.09. The van der Waals surface area contributed by atoms with Crippen molar-refractivity contribution in [3.63, 3.8) is 0 Å². The van der Waals surface area contributed by atoms with Crippen LogP contribution in [-0.2, 0) is 11.0 Å². The molecule has 11 heteroatoms. The molecule has 0 bridgehead atoms. The molecule has 1 amide bonds. The van der Waals surface area contributed by atoms with Crippen molar-refractivity contribution in [1.82, 2.24) is 20.2 Å². The number of aryl methyl sites for hydroxylation is 1. The van der Waals surface area contributed by atoms with E-state index in [1.807, 2.05) is 31.2 Å². The lowest BCUT2D eigenvalue weighted by Gasteiger charge is -2.11. The van der Waals surface area contributed by atoms with Crippen LogP contribution in [0.15, 0.2) is 47.6 Å². The van der Waals surface area contributed by atoms with Crippen LogP contribution >= 0.6 is 23.4 Å². The Hall–Kier alpha value is -2.59. The summed E-state index contributed by atoms with van der Waals surface area (Å²) in [6, 6.07) is 10.7. The van der Waals surface area contributed by atoms with E-state index in [1.54, 1.807) is 0 Å². The van der Waals surface area contributed by atoms with Crippen LogP contribution in [0.4, 0.5) is 18.9 Å². The predicted octanol–water partition coefficient (Wildman–Crippen LogP) is 4.37. The molecule has 3 rings (SSSR count). The molecular formula is C17H13ClF3N5OS. The van der Waals surface area contributed by atoms with E-state index in [-0.39, 0.29) is 11.4 Å². The number of benzene rings is 2. The minimum atomic E-state index is -4.61. The number of halogens is 4. The number of thioether (sulfide) groups is 1. The fourth-order valence-corrected chi connectivity index (χ4v) is 3.18. The van der Waals surface area contributed by atoms with Crippen molar-refractivity contribution in [1.29, 1.82) is 0 Å². The first kappa shape index (κ1) is 20.2. The molecule has 2 aromatic carbocycles. The van der Waals surface area contributed by atoms with Crippen LogP contribution in [0.25, 0.3) is 5.69 Å². The molecule has 0 aliphatic rings. The molecular weight excluding hydrogens is 415 g/mol. The van der Waals surface area contributed by atoms with Gasteiger partial charge in [-0.15, -0.1) is 5.10 Å². The zero-order valence-corrected chi connectivity index (χ0v) is 15.9. The Balaban J connectivity index is 1.66. The highest BCUT2D eigenvalue weighted by Crippen LogP contribution is 2.36. The Morgan fingerprint density at radius 3 is 2.61 bits per heavy atom. The smallest absolute Gasteiger partial charge is 0.325 e. The van der Waals surface area contributed by atoms with Crippen molar-refractivity contribution in [2.45, 2.75) is 18.3 Å². The lowest BCUT2D eigenvalue weighted by Crippen LogP contribution is -2.15. The zero-order chi connectivity index (χ0) is 20.3. The third kappa shape index (κ3) is 4.82. The number of tetrazole rings is 1. The summed E-state index contributed by atoms with van der Waals surface area (Å²) in [5.41, 5.74) is 0.793. The van der Waals surface area contributed by atoms with Crippen LogP contribution in [0.1, 0.15) is 11.1 Å². The quantitative estimate of drug-likeness (QED) is 0.612. The van der Waals surface area contributed by atoms with Crippen molar-refractivity contribution >= 4 is 35.0 Å².